The Labute approximate surface area is 224 Å². The second kappa shape index (κ2) is 15.1. The lowest BCUT2D eigenvalue weighted by Gasteiger charge is -2.25. The number of aliphatic carboxylic acids is 2. The molecule has 1 aromatic rings. The lowest BCUT2D eigenvalue weighted by Crippen LogP contribution is -2.58. The Morgan fingerprint density at radius 3 is 2.18 bits per heavy atom. The number of aromatic hydroxyl groups is 1. The van der Waals surface area contributed by atoms with Gasteiger partial charge >= 0.3 is 11.9 Å². The molecule has 1 heterocycles. The number of carboxylic acids is 2. The number of benzene rings is 1. The van der Waals surface area contributed by atoms with E-state index in [9.17, 15) is 39.3 Å². The van der Waals surface area contributed by atoms with Crippen molar-refractivity contribution in [1.29, 1.82) is 0 Å². The predicted octanol–water partition coefficient (Wildman–Crippen LogP) is -2.25. The Bertz CT molecular complexity index is 1050. The minimum atomic E-state index is -1.48. The average Bonchev–Trinajstić information content (AvgIpc) is 3.41. The number of hydrogen-bond acceptors (Lipinski definition) is 8. The molecule has 1 saturated heterocycles. The van der Waals surface area contributed by atoms with Crippen molar-refractivity contribution in [2.24, 2.45) is 16.5 Å². The Balaban J connectivity index is 2.19. The minimum absolute atomic E-state index is 0.0101. The summed E-state index contributed by atoms with van der Waals surface area (Å²) in [6.45, 7) is 0.752. The number of carboxylic acid groups (broad SMARTS) is 2. The number of amides is 3. The van der Waals surface area contributed by atoms with Gasteiger partial charge in [0.05, 0.1) is 12.5 Å². The molecule has 1 fully saturated rings. The van der Waals surface area contributed by atoms with Crippen LogP contribution in [0.5, 0.6) is 5.75 Å². The van der Waals surface area contributed by atoms with Gasteiger partial charge in [0.15, 0.2) is 5.96 Å². The van der Waals surface area contributed by atoms with Crippen molar-refractivity contribution in [3.05, 3.63) is 29.8 Å². The van der Waals surface area contributed by atoms with Crippen LogP contribution in [0, 0.1) is 0 Å². The first-order valence-corrected chi connectivity index (χ1v) is 12.4. The molecule has 0 spiro atoms. The highest BCUT2D eigenvalue weighted by Crippen LogP contribution is 2.13. The summed E-state index contributed by atoms with van der Waals surface area (Å²) in [7, 11) is 0. The average molecular weight is 550 g/mol. The molecule has 2 rings (SSSR count). The molecule has 0 aromatic heterocycles. The highest BCUT2D eigenvalue weighted by molar-refractivity contribution is 5.95. The van der Waals surface area contributed by atoms with Gasteiger partial charge in [0.1, 0.15) is 23.9 Å². The van der Waals surface area contributed by atoms with Crippen molar-refractivity contribution in [3.63, 3.8) is 0 Å². The highest BCUT2D eigenvalue weighted by Gasteiger charge is 2.32. The molecule has 3 amide bonds. The van der Waals surface area contributed by atoms with Crippen molar-refractivity contribution in [2.75, 3.05) is 13.1 Å². The summed E-state index contributed by atoms with van der Waals surface area (Å²) in [5.41, 5.74) is 11.0. The van der Waals surface area contributed by atoms with Crippen molar-refractivity contribution < 1.29 is 39.3 Å². The molecule has 15 heteroatoms. The van der Waals surface area contributed by atoms with Crippen molar-refractivity contribution in [3.8, 4) is 5.75 Å². The van der Waals surface area contributed by atoms with Crippen LogP contribution in [0.25, 0.3) is 0 Å². The van der Waals surface area contributed by atoms with Crippen LogP contribution in [-0.4, -0.2) is 88.2 Å². The molecule has 1 aliphatic rings. The molecule has 4 unspecified atom stereocenters. The molecule has 15 nitrogen and oxygen atoms in total. The van der Waals surface area contributed by atoms with Crippen molar-refractivity contribution in [2.45, 2.75) is 62.7 Å². The number of hydrogen-bond donors (Lipinski definition) is 9. The Morgan fingerprint density at radius 2 is 1.62 bits per heavy atom. The smallest absolute Gasteiger partial charge is 0.326 e. The summed E-state index contributed by atoms with van der Waals surface area (Å²) < 4.78 is 0. The van der Waals surface area contributed by atoms with E-state index in [0.717, 1.165) is 6.42 Å². The molecule has 0 bridgehead atoms. The Kier molecular flexibility index (Phi) is 11.9. The maximum absolute atomic E-state index is 13.2. The Hall–Kier alpha value is -4.40. The van der Waals surface area contributed by atoms with Gasteiger partial charge in [0.2, 0.25) is 17.7 Å². The molecule has 1 aliphatic heterocycles. The van der Waals surface area contributed by atoms with E-state index in [4.69, 9.17) is 11.5 Å². The largest absolute Gasteiger partial charge is 0.508 e. The van der Waals surface area contributed by atoms with Crippen LogP contribution < -0.4 is 32.7 Å². The van der Waals surface area contributed by atoms with Crippen LogP contribution in [0.4, 0.5) is 0 Å². The third-order valence-corrected chi connectivity index (χ3v) is 5.96. The van der Waals surface area contributed by atoms with Crippen LogP contribution in [0.3, 0.4) is 0 Å². The number of phenolic OH excluding ortho intramolecular Hbond substituents is 1. The Morgan fingerprint density at radius 1 is 0.974 bits per heavy atom. The number of carbonyl (C=O) groups is 5. The standard InChI is InChI=1S/C24H35N7O8/c25-24(26)28-10-2-4-16(23(38)39)29-21(36)17(11-13-5-7-14(32)8-6-13)30-22(37)18(12-19(33)34)31-20(35)15-3-1-9-27-15/h5-8,15-18,27,32H,1-4,9-12H2,(H,29,36)(H,30,37)(H,31,35)(H,33,34)(H,38,39)(H4,25,26,28). The molecule has 1 aromatic carbocycles. The van der Waals surface area contributed by atoms with E-state index < -0.39 is 60.2 Å². The van der Waals surface area contributed by atoms with Gasteiger partial charge in [0.25, 0.3) is 0 Å². The molecule has 11 N–H and O–H groups in total. The number of nitrogens with zero attached hydrogens (tertiary/aromatic N) is 1. The molecule has 0 radical (unpaired) electrons. The van der Waals surface area contributed by atoms with Crippen molar-refractivity contribution in [1.82, 2.24) is 21.3 Å². The monoisotopic (exact) mass is 549 g/mol. The molecule has 4 atom stereocenters. The first kappa shape index (κ1) is 30.8. The van der Waals surface area contributed by atoms with Gasteiger partial charge in [0, 0.05) is 13.0 Å². The summed E-state index contributed by atoms with van der Waals surface area (Å²) in [5, 5.41) is 38.6. The van der Waals surface area contributed by atoms with E-state index in [1.54, 1.807) is 0 Å². The summed E-state index contributed by atoms with van der Waals surface area (Å²) in [4.78, 5) is 65.7. The van der Waals surface area contributed by atoms with Crippen LogP contribution >= 0.6 is 0 Å². The number of phenols is 1. The van der Waals surface area contributed by atoms with Gasteiger partial charge < -0.3 is 48.1 Å². The zero-order chi connectivity index (χ0) is 28.9. The summed E-state index contributed by atoms with van der Waals surface area (Å²) in [6, 6.07) is 1.05. The number of nitrogens with two attached hydrogens (primary N) is 2. The fraction of sp³-hybridized carbons (Fsp3) is 0.500. The predicted molar refractivity (Wildman–Crippen MR) is 138 cm³/mol. The summed E-state index contributed by atoms with van der Waals surface area (Å²) >= 11 is 0. The normalized spacial score (nSPS) is 16.8. The maximum atomic E-state index is 13.2. The number of carbonyl (C=O) groups excluding carboxylic acids is 3. The number of rotatable bonds is 15. The van der Waals surface area contributed by atoms with Crippen LogP contribution in [0.1, 0.15) is 37.7 Å². The third-order valence-electron chi connectivity index (χ3n) is 5.96. The summed E-state index contributed by atoms with van der Waals surface area (Å²) in [6.07, 6.45) is 0.657. The van der Waals surface area contributed by atoms with Gasteiger partial charge in [-0.15, -0.1) is 0 Å². The second-order valence-electron chi connectivity index (χ2n) is 9.09. The first-order chi connectivity index (χ1) is 18.5. The molecular formula is C24H35N7O8. The van der Waals surface area contributed by atoms with Crippen molar-refractivity contribution >= 4 is 35.6 Å². The van der Waals surface area contributed by atoms with E-state index in [-0.39, 0.29) is 37.5 Å². The summed E-state index contributed by atoms with van der Waals surface area (Å²) in [5.74, 6) is -5.16. The molecule has 214 valence electrons. The number of aliphatic imine (C=N–C) groups is 1. The lowest BCUT2D eigenvalue weighted by molar-refractivity contribution is -0.143. The lowest BCUT2D eigenvalue weighted by atomic mass is 10.0. The maximum Gasteiger partial charge on any atom is 0.326 e. The van der Waals surface area contributed by atoms with E-state index in [0.29, 0.717) is 18.5 Å². The topological polar surface area (TPSA) is 259 Å². The van der Waals surface area contributed by atoms with E-state index in [1.165, 1.54) is 24.3 Å². The van der Waals surface area contributed by atoms with E-state index in [2.05, 4.69) is 26.3 Å². The van der Waals surface area contributed by atoms with Gasteiger partial charge in [-0.05, 0) is 49.9 Å². The first-order valence-electron chi connectivity index (χ1n) is 12.4. The zero-order valence-corrected chi connectivity index (χ0v) is 21.3. The van der Waals surface area contributed by atoms with Crippen LogP contribution in [-0.2, 0) is 30.4 Å². The molecular weight excluding hydrogens is 514 g/mol. The van der Waals surface area contributed by atoms with E-state index in [1.807, 2.05) is 0 Å². The molecule has 0 saturated carbocycles. The molecule has 0 aliphatic carbocycles. The van der Waals surface area contributed by atoms with Gasteiger partial charge in [-0.2, -0.15) is 0 Å². The second-order valence-corrected chi connectivity index (χ2v) is 9.09. The fourth-order valence-electron chi connectivity index (χ4n) is 3.95. The minimum Gasteiger partial charge on any atom is -0.508 e. The SMILES string of the molecule is NC(N)=NCCCC(NC(=O)C(Cc1ccc(O)cc1)NC(=O)C(CC(=O)O)NC(=O)C1CCCN1)C(=O)O. The van der Waals surface area contributed by atoms with Gasteiger partial charge in [-0.1, -0.05) is 12.1 Å². The van der Waals surface area contributed by atoms with Crippen LogP contribution in [0.2, 0.25) is 0 Å². The van der Waals surface area contributed by atoms with Gasteiger partial charge in [-0.3, -0.25) is 24.2 Å². The quantitative estimate of drug-likeness (QED) is 0.0641. The van der Waals surface area contributed by atoms with Gasteiger partial charge in [-0.25, -0.2) is 4.79 Å². The number of guanidine groups is 1. The van der Waals surface area contributed by atoms with Crippen LogP contribution in [0.15, 0.2) is 29.3 Å². The third kappa shape index (κ3) is 10.9. The number of nitrogens with one attached hydrogen (secondary N) is 4. The highest BCUT2D eigenvalue weighted by atomic mass is 16.4. The zero-order valence-electron chi connectivity index (χ0n) is 21.3. The molecule has 39 heavy (non-hydrogen) atoms. The fourth-order valence-corrected chi connectivity index (χ4v) is 3.95. The van der Waals surface area contributed by atoms with E-state index >= 15 is 0 Å².